The van der Waals surface area contributed by atoms with Crippen molar-refractivity contribution in [2.75, 3.05) is 13.1 Å². The number of likely N-dealkylation sites (tertiary alicyclic amines) is 1. The second kappa shape index (κ2) is 9.89. The summed E-state index contributed by atoms with van der Waals surface area (Å²) in [5, 5.41) is 10.7. The third-order valence-corrected chi connectivity index (χ3v) is 15.4. The number of carbonyl (C=O) groups excluding carboxylic acids is 1. The van der Waals surface area contributed by atoms with E-state index in [9.17, 15) is 14.7 Å². The quantitative estimate of drug-likeness (QED) is 0.256. The van der Waals surface area contributed by atoms with Crippen molar-refractivity contribution in [1.29, 1.82) is 0 Å². The number of amides is 1. The van der Waals surface area contributed by atoms with Gasteiger partial charge in [-0.2, -0.15) is 0 Å². The highest BCUT2D eigenvalue weighted by Crippen LogP contribution is 2.44. The van der Waals surface area contributed by atoms with Crippen molar-refractivity contribution in [1.82, 2.24) is 9.13 Å². The molecule has 0 bridgehead atoms. The van der Waals surface area contributed by atoms with Gasteiger partial charge in [0, 0.05) is 24.2 Å². The SMILES string of the molecule is CC(C)[Si](C(C)C)(C(C)C)n1ccc2cc(C(=O)C3(Cc4ccccc4)CCN(C(=O)O)C3)ccc21. The average Bonchev–Trinajstić information content (AvgIpc) is 3.44. The maximum absolute atomic E-state index is 14.1. The summed E-state index contributed by atoms with van der Waals surface area (Å²) < 4.78 is 2.57. The predicted molar refractivity (Wildman–Crippen MR) is 150 cm³/mol. The standard InChI is InChI=1S/C30H40N2O3Si/c1-21(2)36(22(3)4,23(5)6)32-16-14-25-18-26(12-13-27(25)32)28(33)30(15-17-31(20-30)29(34)35)19-24-10-8-7-9-11-24/h7-14,16,18,21-23H,15,17,19-20H2,1-6H3,(H,34,35). The van der Waals surface area contributed by atoms with Crippen molar-refractivity contribution in [2.24, 2.45) is 5.41 Å². The van der Waals surface area contributed by atoms with E-state index < -0.39 is 19.7 Å². The van der Waals surface area contributed by atoms with Crippen LogP contribution in [-0.4, -0.2) is 47.4 Å². The maximum atomic E-state index is 14.1. The van der Waals surface area contributed by atoms with Crippen LogP contribution in [0.2, 0.25) is 16.6 Å². The molecule has 1 N–H and O–H groups in total. The number of carboxylic acid groups (broad SMARTS) is 1. The molecule has 0 radical (unpaired) electrons. The molecule has 1 aliphatic heterocycles. The van der Waals surface area contributed by atoms with Crippen molar-refractivity contribution in [3.8, 4) is 0 Å². The monoisotopic (exact) mass is 504 g/mol. The zero-order valence-electron chi connectivity index (χ0n) is 22.5. The van der Waals surface area contributed by atoms with Crippen LogP contribution in [0.25, 0.3) is 10.9 Å². The summed E-state index contributed by atoms with van der Waals surface area (Å²) in [6, 6.07) is 18.2. The Hall–Kier alpha value is -2.86. The maximum Gasteiger partial charge on any atom is 0.407 e. The van der Waals surface area contributed by atoms with E-state index >= 15 is 0 Å². The molecule has 3 aromatic rings. The summed E-state index contributed by atoms with van der Waals surface area (Å²) in [5.41, 5.74) is 3.91. The summed E-state index contributed by atoms with van der Waals surface area (Å²) in [4.78, 5) is 27.2. The normalized spacial score (nSPS) is 18.6. The Labute approximate surface area is 216 Å². The van der Waals surface area contributed by atoms with Gasteiger partial charge in [-0.05, 0) is 70.9 Å². The molecule has 1 saturated heterocycles. The Morgan fingerprint density at radius 2 is 1.58 bits per heavy atom. The Kier molecular flexibility index (Phi) is 7.20. The smallest absolute Gasteiger partial charge is 0.407 e. The van der Waals surface area contributed by atoms with Gasteiger partial charge in [0.25, 0.3) is 0 Å². The number of ketones is 1. The fraction of sp³-hybridized carbons (Fsp3) is 0.467. The van der Waals surface area contributed by atoms with Gasteiger partial charge >= 0.3 is 6.09 Å². The Balaban J connectivity index is 1.76. The van der Waals surface area contributed by atoms with Crippen LogP contribution in [0.5, 0.6) is 0 Å². The van der Waals surface area contributed by atoms with Crippen LogP contribution >= 0.6 is 0 Å². The first-order chi connectivity index (χ1) is 17.0. The van der Waals surface area contributed by atoms with Crippen molar-refractivity contribution in [2.45, 2.75) is 71.0 Å². The molecule has 1 fully saturated rings. The molecular weight excluding hydrogens is 464 g/mol. The lowest BCUT2D eigenvalue weighted by Gasteiger charge is -2.44. The van der Waals surface area contributed by atoms with Crippen LogP contribution < -0.4 is 0 Å². The minimum absolute atomic E-state index is 0.0461. The number of nitrogens with zero attached hydrogens (tertiary/aromatic N) is 2. The summed E-state index contributed by atoms with van der Waals surface area (Å²) in [6.07, 6.45) is 2.37. The molecule has 6 heteroatoms. The van der Waals surface area contributed by atoms with Crippen molar-refractivity contribution < 1.29 is 14.7 Å². The van der Waals surface area contributed by atoms with Crippen LogP contribution in [0, 0.1) is 5.41 Å². The first kappa shape index (κ1) is 26.2. The van der Waals surface area contributed by atoms with Crippen molar-refractivity contribution in [3.05, 3.63) is 71.9 Å². The zero-order valence-corrected chi connectivity index (χ0v) is 23.5. The van der Waals surface area contributed by atoms with E-state index in [4.69, 9.17) is 0 Å². The molecule has 0 aliphatic carbocycles. The van der Waals surface area contributed by atoms with E-state index in [2.05, 4.69) is 64.1 Å². The molecule has 1 atom stereocenters. The van der Waals surface area contributed by atoms with Gasteiger partial charge in [0.2, 0.25) is 0 Å². The van der Waals surface area contributed by atoms with Gasteiger partial charge < -0.3 is 14.2 Å². The van der Waals surface area contributed by atoms with Crippen LogP contribution in [0.4, 0.5) is 4.79 Å². The Morgan fingerprint density at radius 3 is 2.14 bits per heavy atom. The van der Waals surface area contributed by atoms with E-state index in [0.717, 1.165) is 10.9 Å². The molecule has 192 valence electrons. The van der Waals surface area contributed by atoms with Gasteiger partial charge in [-0.25, -0.2) is 4.79 Å². The highest BCUT2D eigenvalue weighted by Gasteiger charge is 2.47. The predicted octanol–water partition coefficient (Wildman–Crippen LogP) is 7.46. The molecule has 1 unspecified atom stereocenters. The minimum atomic E-state index is -1.91. The molecule has 0 spiro atoms. The van der Waals surface area contributed by atoms with E-state index in [-0.39, 0.29) is 12.3 Å². The van der Waals surface area contributed by atoms with Crippen molar-refractivity contribution in [3.63, 3.8) is 0 Å². The molecular formula is C30H40N2O3Si. The number of hydrogen-bond donors (Lipinski definition) is 1. The van der Waals surface area contributed by atoms with Crippen LogP contribution in [0.15, 0.2) is 60.8 Å². The van der Waals surface area contributed by atoms with Gasteiger partial charge in [0.15, 0.2) is 14.0 Å². The Bertz CT molecular complexity index is 1230. The van der Waals surface area contributed by atoms with E-state index in [1.165, 1.54) is 10.4 Å². The van der Waals surface area contributed by atoms with Crippen LogP contribution in [0.1, 0.15) is 63.9 Å². The third-order valence-electron chi connectivity index (χ3n) is 8.64. The molecule has 36 heavy (non-hydrogen) atoms. The number of carbonyl (C=O) groups is 2. The topological polar surface area (TPSA) is 62.5 Å². The number of fused-ring (bicyclic) bond motifs is 1. The van der Waals surface area contributed by atoms with E-state index in [1.54, 1.807) is 0 Å². The largest absolute Gasteiger partial charge is 0.465 e. The third kappa shape index (κ3) is 4.30. The summed E-state index contributed by atoms with van der Waals surface area (Å²) in [7, 11) is -1.91. The number of hydrogen-bond acceptors (Lipinski definition) is 2. The summed E-state index contributed by atoms with van der Waals surface area (Å²) in [6.45, 7) is 14.8. The molecule has 0 saturated carbocycles. The van der Waals surface area contributed by atoms with Gasteiger partial charge in [0.1, 0.15) is 0 Å². The molecule has 4 rings (SSSR count). The lowest BCUT2D eigenvalue weighted by Crippen LogP contribution is -2.51. The second-order valence-electron chi connectivity index (χ2n) is 11.5. The molecule has 1 amide bonds. The number of benzene rings is 2. The van der Waals surface area contributed by atoms with E-state index in [0.29, 0.717) is 41.6 Å². The molecule has 1 aromatic heterocycles. The van der Waals surface area contributed by atoms with E-state index in [1.807, 2.05) is 42.5 Å². The highest BCUT2D eigenvalue weighted by atomic mass is 28.3. The fourth-order valence-electron chi connectivity index (χ4n) is 7.19. The van der Waals surface area contributed by atoms with Gasteiger partial charge in [-0.3, -0.25) is 4.79 Å². The average molecular weight is 505 g/mol. The van der Waals surface area contributed by atoms with Gasteiger partial charge in [-0.15, -0.1) is 0 Å². The van der Waals surface area contributed by atoms with Gasteiger partial charge in [-0.1, -0.05) is 71.9 Å². The minimum Gasteiger partial charge on any atom is -0.465 e. The molecule has 1 aliphatic rings. The number of Topliss-reactive ketones (excluding diaryl/α,β-unsaturated/α-hetero) is 1. The number of rotatable bonds is 8. The highest BCUT2D eigenvalue weighted by molar-refractivity contribution is 6.82. The van der Waals surface area contributed by atoms with Crippen molar-refractivity contribution >= 4 is 31.0 Å². The number of aromatic nitrogens is 1. The fourth-order valence-corrected chi connectivity index (χ4v) is 13.8. The van der Waals surface area contributed by atoms with Crippen LogP contribution in [0.3, 0.4) is 0 Å². The molecule has 2 aromatic carbocycles. The molecule has 5 nitrogen and oxygen atoms in total. The lowest BCUT2D eigenvalue weighted by molar-refractivity contribution is 0.0796. The second-order valence-corrected chi connectivity index (χ2v) is 17.3. The van der Waals surface area contributed by atoms with Gasteiger partial charge in [0.05, 0.1) is 5.41 Å². The first-order valence-electron chi connectivity index (χ1n) is 13.2. The first-order valence-corrected chi connectivity index (χ1v) is 15.4. The summed E-state index contributed by atoms with van der Waals surface area (Å²) in [5.74, 6) is 0.0461. The Morgan fingerprint density at radius 1 is 0.944 bits per heavy atom. The lowest BCUT2D eigenvalue weighted by atomic mass is 9.74. The zero-order chi connectivity index (χ0) is 26.3. The summed E-state index contributed by atoms with van der Waals surface area (Å²) >= 11 is 0. The van der Waals surface area contributed by atoms with Crippen LogP contribution in [-0.2, 0) is 6.42 Å². The molecule has 2 heterocycles.